The van der Waals surface area contributed by atoms with Crippen LogP contribution in [0.4, 0.5) is 17.6 Å². The largest absolute Gasteiger partial charge is 0.416 e. The number of allylic oxidation sites excluding steroid dienone is 1. The zero-order chi connectivity index (χ0) is 19.2. The lowest BCUT2D eigenvalue weighted by Gasteiger charge is -2.17. The molecular weight excluding hydrogens is 354 g/mol. The Bertz CT molecular complexity index is 1010. The van der Waals surface area contributed by atoms with Crippen LogP contribution in [0.2, 0.25) is 0 Å². The van der Waals surface area contributed by atoms with E-state index >= 15 is 0 Å². The summed E-state index contributed by atoms with van der Waals surface area (Å²) in [6.45, 7) is 2.09. The van der Waals surface area contributed by atoms with E-state index in [0.29, 0.717) is 22.9 Å². The molecule has 1 aliphatic rings. The summed E-state index contributed by atoms with van der Waals surface area (Å²) in [5.74, 6) is -0.00744. The Morgan fingerprint density at radius 2 is 1.70 bits per heavy atom. The Kier molecular flexibility index (Phi) is 4.17. The number of hydrogen-bond acceptors (Lipinski definition) is 0. The first-order valence-electron chi connectivity index (χ1n) is 8.70. The van der Waals surface area contributed by atoms with Crippen LogP contribution in [0, 0.1) is 11.7 Å². The van der Waals surface area contributed by atoms with Crippen molar-refractivity contribution in [1.82, 2.24) is 4.57 Å². The molecule has 0 N–H and O–H groups in total. The summed E-state index contributed by atoms with van der Waals surface area (Å²) >= 11 is 0. The molecule has 0 radical (unpaired) electrons. The zero-order valence-corrected chi connectivity index (χ0v) is 14.6. The van der Waals surface area contributed by atoms with Gasteiger partial charge in [0.25, 0.3) is 0 Å². The summed E-state index contributed by atoms with van der Waals surface area (Å²) in [5, 5.41) is 0. The Hall–Kier alpha value is -2.82. The van der Waals surface area contributed by atoms with Gasteiger partial charge in [0.2, 0.25) is 0 Å². The van der Waals surface area contributed by atoms with Gasteiger partial charge in [0.05, 0.1) is 11.3 Å². The van der Waals surface area contributed by atoms with Crippen LogP contribution in [0.15, 0.2) is 60.7 Å². The molecule has 3 aromatic rings. The lowest BCUT2D eigenvalue weighted by molar-refractivity contribution is -0.137. The van der Waals surface area contributed by atoms with Gasteiger partial charge in [0.15, 0.2) is 0 Å². The second-order valence-electron chi connectivity index (χ2n) is 6.84. The average Bonchev–Trinajstić information content (AvgIpc) is 2.99. The first-order chi connectivity index (χ1) is 12.8. The number of nitrogens with zero attached hydrogens (tertiary/aromatic N) is 1. The topological polar surface area (TPSA) is 4.93 Å². The monoisotopic (exact) mass is 371 g/mol. The fourth-order valence-corrected chi connectivity index (χ4v) is 3.54. The van der Waals surface area contributed by atoms with Crippen molar-refractivity contribution in [3.63, 3.8) is 0 Å². The van der Waals surface area contributed by atoms with Gasteiger partial charge >= 0.3 is 6.18 Å². The summed E-state index contributed by atoms with van der Waals surface area (Å²) < 4.78 is 55.0. The van der Waals surface area contributed by atoms with E-state index in [-0.39, 0.29) is 5.82 Å². The number of fused-ring (bicyclic) bond motifs is 1. The van der Waals surface area contributed by atoms with Gasteiger partial charge in [0.1, 0.15) is 5.82 Å². The van der Waals surface area contributed by atoms with Crippen molar-refractivity contribution in [3.05, 3.63) is 83.3 Å². The van der Waals surface area contributed by atoms with Crippen LogP contribution in [-0.2, 0) is 12.6 Å². The molecule has 1 atom stereocenters. The number of hydrogen-bond donors (Lipinski definition) is 0. The molecular formula is C22H17F4N. The minimum atomic E-state index is -4.39. The van der Waals surface area contributed by atoms with Crippen molar-refractivity contribution in [1.29, 1.82) is 0 Å². The molecule has 1 aliphatic carbocycles. The quantitative estimate of drug-likeness (QED) is 0.453. The first kappa shape index (κ1) is 17.6. The Morgan fingerprint density at radius 3 is 2.37 bits per heavy atom. The molecule has 2 aromatic carbocycles. The minimum absolute atomic E-state index is 0.356. The molecule has 0 aliphatic heterocycles. The summed E-state index contributed by atoms with van der Waals surface area (Å²) in [6.07, 6.45) is 0.443. The second-order valence-corrected chi connectivity index (χ2v) is 6.84. The molecule has 5 heteroatoms. The maximum absolute atomic E-state index is 14.5. The van der Waals surface area contributed by atoms with Gasteiger partial charge in [-0.25, -0.2) is 4.39 Å². The molecule has 1 heterocycles. The third-order valence-corrected chi connectivity index (χ3v) is 4.85. The maximum atomic E-state index is 14.5. The Labute approximate surface area is 154 Å². The minimum Gasteiger partial charge on any atom is -0.310 e. The Balaban J connectivity index is 1.92. The fourth-order valence-electron chi connectivity index (χ4n) is 3.54. The lowest BCUT2D eigenvalue weighted by atomic mass is 9.95. The maximum Gasteiger partial charge on any atom is 0.416 e. The summed E-state index contributed by atoms with van der Waals surface area (Å²) in [5.41, 5.74) is 2.87. The van der Waals surface area contributed by atoms with E-state index in [1.54, 1.807) is 18.2 Å². The summed E-state index contributed by atoms with van der Waals surface area (Å²) in [4.78, 5) is 0. The lowest BCUT2D eigenvalue weighted by Crippen LogP contribution is -2.08. The van der Waals surface area contributed by atoms with Crippen molar-refractivity contribution in [2.24, 2.45) is 5.92 Å². The third kappa shape index (κ3) is 3.18. The van der Waals surface area contributed by atoms with Gasteiger partial charge < -0.3 is 4.57 Å². The third-order valence-electron chi connectivity index (χ3n) is 4.85. The van der Waals surface area contributed by atoms with Crippen molar-refractivity contribution in [2.45, 2.75) is 19.5 Å². The van der Waals surface area contributed by atoms with Gasteiger partial charge in [-0.05, 0) is 66.4 Å². The van der Waals surface area contributed by atoms with Gasteiger partial charge in [0, 0.05) is 16.9 Å². The standard InChI is InChI=1S/C22H17F4N/c1-14-6-11-20-15(12-14)13-21(18-4-2-3-5-19(18)23)27(20)17-9-7-16(8-10-17)22(24,25)26/h2-11,13-14H,12H2,1H3. The molecule has 0 amide bonds. The average molecular weight is 371 g/mol. The molecule has 4 rings (SSSR count). The van der Waals surface area contributed by atoms with E-state index in [2.05, 4.69) is 13.0 Å². The molecule has 0 spiro atoms. The van der Waals surface area contributed by atoms with E-state index in [4.69, 9.17) is 0 Å². The summed E-state index contributed by atoms with van der Waals surface area (Å²) in [7, 11) is 0. The SMILES string of the molecule is CC1C=Cc2c(cc(-c3ccccc3F)n2-c2ccc(C(F)(F)F)cc2)C1. The molecule has 0 fully saturated rings. The van der Waals surface area contributed by atoms with Crippen LogP contribution in [0.25, 0.3) is 23.0 Å². The molecule has 0 saturated heterocycles. The molecule has 1 unspecified atom stereocenters. The Morgan fingerprint density at radius 1 is 1.00 bits per heavy atom. The van der Waals surface area contributed by atoms with Crippen molar-refractivity contribution in [3.8, 4) is 16.9 Å². The molecule has 1 nitrogen and oxygen atoms in total. The second kappa shape index (κ2) is 6.41. The van der Waals surface area contributed by atoms with E-state index in [0.717, 1.165) is 29.8 Å². The normalized spacial score (nSPS) is 16.4. The highest BCUT2D eigenvalue weighted by atomic mass is 19.4. The van der Waals surface area contributed by atoms with Crippen molar-refractivity contribution < 1.29 is 17.6 Å². The number of benzene rings is 2. The highest BCUT2D eigenvalue weighted by Crippen LogP contribution is 2.36. The highest BCUT2D eigenvalue weighted by molar-refractivity contribution is 5.71. The molecule has 138 valence electrons. The number of rotatable bonds is 2. The van der Waals surface area contributed by atoms with E-state index in [9.17, 15) is 17.6 Å². The van der Waals surface area contributed by atoms with Crippen molar-refractivity contribution >= 4 is 6.08 Å². The van der Waals surface area contributed by atoms with Crippen LogP contribution >= 0.6 is 0 Å². The first-order valence-corrected chi connectivity index (χ1v) is 8.70. The van der Waals surface area contributed by atoms with Crippen LogP contribution < -0.4 is 0 Å². The van der Waals surface area contributed by atoms with Gasteiger partial charge in [-0.3, -0.25) is 0 Å². The predicted molar refractivity (Wildman–Crippen MR) is 98.1 cm³/mol. The molecule has 0 bridgehead atoms. The van der Waals surface area contributed by atoms with Gasteiger partial charge in [-0.2, -0.15) is 13.2 Å². The van der Waals surface area contributed by atoms with E-state index < -0.39 is 11.7 Å². The molecule has 0 saturated carbocycles. The van der Waals surface area contributed by atoms with Crippen LogP contribution in [0.3, 0.4) is 0 Å². The van der Waals surface area contributed by atoms with E-state index in [1.165, 1.54) is 18.2 Å². The summed E-state index contributed by atoms with van der Waals surface area (Å²) in [6, 6.07) is 13.3. The number of aromatic nitrogens is 1. The fraction of sp³-hybridized carbons (Fsp3) is 0.182. The number of alkyl halides is 3. The molecule has 1 aromatic heterocycles. The smallest absolute Gasteiger partial charge is 0.310 e. The zero-order valence-electron chi connectivity index (χ0n) is 14.6. The number of halogens is 4. The van der Waals surface area contributed by atoms with Gasteiger partial charge in [-0.15, -0.1) is 0 Å². The van der Waals surface area contributed by atoms with Crippen molar-refractivity contribution in [2.75, 3.05) is 0 Å². The van der Waals surface area contributed by atoms with Crippen LogP contribution in [-0.4, -0.2) is 4.57 Å². The van der Waals surface area contributed by atoms with Gasteiger partial charge in [-0.1, -0.05) is 25.1 Å². The van der Waals surface area contributed by atoms with Crippen LogP contribution in [0.1, 0.15) is 23.7 Å². The van der Waals surface area contributed by atoms with Crippen LogP contribution in [0.5, 0.6) is 0 Å². The van der Waals surface area contributed by atoms with E-state index in [1.807, 2.05) is 16.7 Å². The highest BCUT2D eigenvalue weighted by Gasteiger charge is 2.30. The predicted octanol–water partition coefficient (Wildman–Crippen LogP) is 6.51. The molecule has 27 heavy (non-hydrogen) atoms.